The van der Waals surface area contributed by atoms with Gasteiger partial charge in [0, 0.05) is 12.1 Å². The second-order valence-corrected chi connectivity index (χ2v) is 5.18. The number of piperidine rings is 1. The number of nitrogens with one attached hydrogen (secondary N) is 1. The lowest BCUT2D eigenvalue weighted by atomic mass is 9.85. The molecule has 0 unspecified atom stereocenters. The number of hydrogen-bond donors (Lipinski definition) is 1. The molecule has 1 N–H and O–H groups in total. The molecule has 3 rings (SSSR count). The quantitative estimate of drug-likeness (QED) is 0.825. The number of anilines is 1. The Balaban J connectivity index is 1.99. The molecule has 0 bridgehead atoms. The first kappa shape index (κ1) is 11.7. The van der Waals surface area contributed by atoms with Crippen molar-refractivity contribution < 1.29 is 9.18 Å². The van der Waals surface area contributed by atoms with Crippen LogP contribution in [0.3, 0.4) is 0 Å². The lowest BCUT2D eigenvalue weighted by molar-refractivity contribution is -0.117. The van der Waals surface area contributed by atoms with Crippen LogP contribution in [-0.2, 0) is 4.79 Å². The minimum atomic E-state index is -0.281. The van der Waals surface area contributed by atoms with Gasteiger partial charge >= 0.3 is 0 Å². The molecule has 0 radical (unpaired) electrons. The van der Waals surface area contributed by atoms with E-state index in [2.05, 4.69) is 5.32 Å². The van der Waals surface area contributed by atoms with Gasteiger partial charge in [0.1, 0.15) is 5.82 Å². The van der Waals surface area contributed by atoms with Gasteiger partial charge in [0.15, 0.2) is 0 Å². The Labute approximate surface area is 106 Å². The maximum absolute atomic E-state index is 13.4. The summed E-state index contributed by atoms with van der Waals surface area (Å²) < 4.78 is 13.4. The van der Waals surface area contributed by atoms with Gasteiger partial charge in [-0.05, 0) is 50.6 Å². The van der Waals surface area contributed by atoms with E-state index in [4.69, 9.17) is 0 Å². The maximum Gasteiger partial charge on any atom is 0.227 e. The Bertz CT molecular complexity index is 469. The Kier molecular flexibility index (Phi) is 2.82. The summed E-state index contributed by atoms with van der Waals surface area (Å²) in [7, 11) is 0. The zero-order valence-electron chi connectivity index (χ0n) is 10.3. The third kappa shape index (κ3) is 1.81. The number of rotatable bonds is 1. The normalized spacial score (nSPS) is 22.7. The van der Waals surface area contributed by atoms with Crippen molar-refractivity contribution in [2.75, 3.05) is 18.0 Å². The number of carbonyl (C=O) groups is 1. The zero-order valence-corrected chi connectivity index (χ0v) is 10.3. The Morgan fingerprint density at radius 3 is 2.72 bits per heavy atom. The van der Waals surface area contributed by atoms with E-state index in [1.165, 1.54) is 12.1 Å². The second-order valence-electron chi connectivity index (χ2n) is 5.18. The van der Waals surface area contributed by atoms with Crippen molar-refractivity contribution >= 4 is 11.6 Å². The first-order valence-corrected chi connectivity index (χ1v) is 6.51. The fourth-order valence-electron chi connectivity index (χ4n) is 3.23. The van der Waals surface area contributed by atoms with Crippen LogP contribution >= 0.6 is 0 Å². The van der Waals surface area contributed by atoms with Gasteiger partial charge in [0.25, 0.3) is 0 Å². The van der Waals surface area contributed by atoms with E-state index in [0.717, 1.165) is 32.4 Å². The maximum atomic E-state index is 13.4. The second kappa shape index (κ2) is 4.35. The van der Waals surface area contributed by atoms with E-state index in [1.807, 2.05) is 11.0 Å². The van der Waals surface area contributed by atoms with E-state index < -0.39 is 0 Å². The first-order valence-electron chi connectivity index (χ1n) is 6.51. The summed E-state index contributed by atoms with van der Waals surface area (Å²) in [6.45, 7) is 1.86. The fourth-order valence-corrected chi connectivity index (χ4v) is 3.23. The molecule has 18 heavy (non-hydrogen) atoms. The first-order chi connectivity index (χ1) is 8.71. The van der Waals surface area contributed by atoms with Gasteiger partial charge in [-0.1, -0.05) is 6.07 Å². The standard InChI is InChI=1S/C14H17FN2O/c15-11-2-1-3-12(10-11)17-13(18)4-5-14(17)6-8-16-9-7-14/h1-3,10,16H,4-9H2. The highest BCUT2D eigenvalue weighted by Gasteiger charge is 2.46. The molecule has 2 aliphatic rings. The van der Waals surface area contributed by atoms with Crippen LogP contribution in [0.2, 0.25) is 0 Å². The molecule has 4 heteroatoms. The van der Waals surface area contributed by atoms with Gasteiger partial charge < -0.3 is 10.2 Å². The van der Waals surface area contributed by atoms with Crippen LogP contribution in [0, 0.1) is 5.82 Å². The minimum absolute atomic E-state index is 0.0872. The lowest BCUT2D eigenvalue weighted by Crippen LogP contribution is -2.52. The molecule has 2 aliphatic heterocycles. The third-order valence-electron chi connectivity index (χ3n) is 4.13. The molecule has 96 valence electrons. The molecule has 1 spiro atoms. The van der Waals surface area contributed by atoms with Crippen molar-refractivity contribution in [3.05, 3.63) is 30.1 Å². The summed E-state index contributed by atoms with van der Waals surface area (Å²) in [6.07, 6.45) is 3.38. The molecule has 2 fully saturated rings. The predicted octanol–water partition coefficient (Wildman–Crippen LogP) is 2.07. The van der Waals surface area contributed by atoms with Crippen LogP contribution < -0.4 is 10.2 Å². The highest BCUT2D eigenvalue weighted by atomic mass is 19.1. The summed E-state index contributed by atoms with van der Waals surface area (Å²) in [5.74, 6) is -0.154. The summed E-state index contributed by atoms with van der Waals surface area (Å²) in [4.78, 5) is 14.0. The molecule has 0 aliphatic carbocycles. The number of carbonyl (C=O) groups excluding carboxylic acids is 1. The van der Waals surface area contributed by atoms with Crippen LogP contribution in [0.1, 0.15) is 25.7 Å². The summed E-state index contributed by atoms with van der Waals surface area (Å²) >= 11 is 0. The molecule has 3 nitrogen and oxygen atoms in total. The van der Waals surface area contributed by atoms with Crippen molar-refractivity contribution in [2.24, 2.45) is 0 Å². The zero-order chi connectivity index (χ0) is 12.6. The van der Waals surface area contributed by atoms with Crippen molar-refractivity contribution in [1.29, 1.82) is 0 Å². The molecule has 1 aromatic carbocycles. The molecular formula is C14H17FN2O. The number of benzene rings is 1. The average molecular weight is 248 g/mol. The van der Waals surface area contributed by atoms with E-state index >= 15 is 0 Å². The van der Waals surface area contributed by atoms with E-state index in [9.17, 15) is 9.18 Å². The average Bonchev–Trinajstić information content (AvgIpc) is 2.67. The number of halogens is 1. The van der Waals surface area contributed by atoms with Crippen LogP contribution in [0.5, 0.6) is 0 Å². The van der Waals surface area contributed by atoms with Gasteiger partial charge in [0.2, 0.25) is 5.91 Å². The van der Waals surface area contributed by atoms with E-state index in [0.29, 0.717) is 12.1 Å². The van der Waals surface area contributed by atoms with Gasteiger partial charge in [-0.3, -0.25) is 4.79 Å². The van der Waals surface area contributed by atoms with Crippen LogP contribution in [0.15, 0.2) is 24.3 Å². The highest BCUT2D eigenvalue weighted by Crippen LogP contribution is 2.40. The molecule has 2 heterocycles. The van der Waals surface area contributed by atoms with Crippen LogP contribution in [0.4, 0.5) is 10.1 Å². The summed E-state index contributed by atoms with van der Waals surface area (Å²) in [6, 6.07) is 6.38. The van der Waals surface area contributed by atoms with Crippen molar-refractivity contribution in [2.45, 2.75) is 31.2 Å². The van der Waals surface area contributed by atoms with Gasteiger partial charge in [-0.2, -0.15) is 0 Å². The SMILES string of the molecule is O=C1CCC2(CCNCC2)N1c1cccc(F)c1. The Hall–Kier alpha value is -1.42. The van der Waals surface area contributed by atoms with Crippen molar-refractivity contribution in [1.82, 2.24) is 5.32 Å². The van der Waals surface area contributed by atoms with Crippen molar-refractivity contribution in [3.8, 4) is 0 Å². The summed E-state index contributed by atoms with van der Waals surface area (Å²) in [5, 5.41) is 3.32. The smallest absolute Gasteiger partial charge is 0.227 e. The molecule has 2 saturated heterocycles. The van der Waals surface area contributed by atoms with Crippen LogP contribution in [-0.4, -0.2) is 24.5 Å². The topological polar surface area (TPSA) is 32.3 Å². The minimum Gasteiger partial charge on any atom is -0.317 e. The van der Waals surface area contributed by atoms with Gasteiger partial charge in [0.05, 0.1) is 5.54 Å². The van der Waals surface area contributed by atoms with Crippen molar-refractivity contribution in [3.63, 3.8) is 0 Å². The number of hydrogen-bond acceptors (Lipinski definition) is 2. The fraction of sp³-hybridized carbons (Fsp3) is 0.500. The number of nitrogens with zero attached hydrogens (tertiary/aromatic N) is 1. The summed E-state index contributed by atoms with van der Waals surface area (Å²) in [5.41, 5.74) is 0.621. The molecule has 0 saturated carbocycles. The van der Waals surface area contributed by atoms with Gasteiger partial charge in [-0.15, -0.1) is 0 Å². The third-order valence-corrected chi connectivity index (χ3v) is 4.13. The van der Waals surface area contributed by atoms with E-state index in [1.54, 1.807) is 6.07 Å². The number of amides is 1. The Morgan fingerprint density at radius 2 is 2.00 bits per heavy atom. The van der Waals surface area contributed by atoms with E-state index in [-0.39, 0.29) is 17.3 Å². The molecule has 0 aromatic heterocycles. The molecule has 1 aromatic rings. The largest absolute Gasteiger partial charge is 0.317 e. The molecular weight excluding hydrogens is 231 g/mol. The molecule has 0 atom stereocenters. The Morgan fingerprint density at radius 1 is 1.22 bits per heavy atom. The van der Waals surface area contributed by atoms with Crippen LogP contribution in [0.25, 0.3) is 0 Å². The van der Waals surface area contributed by atoms with Gasteiger partial charge in [-0.25, -0.2) is 4.39 Å². The monoisotopic (exact) mass is 248 g/mol. The highest BCUT2D eigenvalue weighted by molar-refractivity contribution is 5.97. The molecule has 1 amide bonds. The predicted molar refractivity (Wildman–Crippen MR) is 68.0 cm³/mol. The lowest BCUT2D eigenvalue weighted by Gasteiger charge is -2.41.